The van der Waals surface area contributed by atoms with Gasteiger partial charge in [-0.2, -0.15) is 0 Å². The molecule has 0 aromatic carbocycles. The van der Waals surface area contributed by atoms with Crippen molar-refractivity contribution in [1.29, 1.82) is 0 Å². The molecule has 0 aliphatic carbocycles. The molecule has 1 unspecified atom stereocenters. The Morgan fingerprint density at radius 1 is 1.24 bits per heavy atom. The van der Waals surface area contributed by atoms with Gasteiger partial charge < -0.3 is 10.2 Å². The number of unbranched alkanes of at least 4 members (excludes halogenated alkanes) is 1. The molecule has 1 atom stereocenters. The molecule has 0 spiro atoms. The van der Waals surface area contributed by atoms with Crippen LogP contribution in [0.3, 0.4) is 0 Å². The van der Waals surface area contributed by atoms with Crippen LogP contribution in [0.15, 0.2) is 4.99 Å². The van der Waals surface area contributed by atoms with E-state index in [1.54, 1.807) is 0 Å². The van der Waals surface area contributed by atoms with E-state index in [0.717, 1.165) is 25.0 Å². The van der Waals surface area contributed by atoms with Crippen molar-refractivity contribution in [2.45, 2.75) is 46.5 Å². The Labute approximate surface area is 124 Å². The lowest BCUT2D eigenvalue weighted by Gasteiger charge is -2.18. The van der Waals surface area contributed by atoms with Crippen LogP contribution in [-0.2, 0) is 0 Å². The molecule has 0 fully saturated rings. The first-order valence-corrected chi connectivity index (χ1v) is 6.61. The van der Waals surface area contributed by atoms with Crippen molar-refractivity contribution in [1.82, 2.24) is 10.2 Å². The highest BCUT2D eigenvalue weighted by atomic mass is 127. The lowest BCUT2D eigenvalue weighted by atomic mass is 10.00. The molecular formula is C13H30IN3. The smallest absolute Gasteiger partial charge is 0.193 e. The Morgan fingerprint density at radius 3 is 2.29 bits per heavy atom. The second kappa shape index (κ2) is 12.5. The van der Waals surface area contributed by atoms with Crippen LogP contribution in [0.25, 0.3) is 0 Å². The molecule has 0 amide bonds. The van der Waals surface area contributed by atoms with Crippen LogP contribution in [0.5, 0.6) is 0 Å². The zero-order chi connectivity index (χ0) is 12.4. The predicted molar refractivity (Wildman–Crippen MR) is 88.4 cm³/mol. The molecule has 17 heavy (non-hydrogen) atoms. The van der Waals surface area contributed by atoms with Crippen molar-refractivity contribution in [3.63, 3.8) is 0 Å². The molecule has 0 aromatic rings. The van der Waals surface area contributed by atoms with E-state index in [0.29, 0.717) is 0 Å². The number of halogens is 1. The fourth-order valence-electron chi connectivity index (χ4n) is 1.65. The minimum absolute atomic E-state index is 0. The summed E-state index contributed by atoms with van der Waals surface area (Å²) in [7, 11) is 4.07. The van der Waals surface area contributed by atoms with Gasteiger partial charge in [0.25, 0.3) is 0 Å². The molecule has 4 heteroatoms. The van der Waals surface area contributed by atoms with Gasteiger partial charge >= 0.3 is 0 Å². The summed E-state index contributed by atoms with van der Waals surface area (Å²) in [4.78, 5) is 6.72. The van der Waals surface area contributed by atoms with Crippen LogP contribution in [0, 0.1) is 5.92 Å². The molecule has 0 radical (unpaired) electrons. The molecule has 0 bridgehead atoms. The summed E-state index contributed by atoms with van der Waals surface area (Å²) in [6.07, 6.45) is 5.15. The molecule has 0 saturated carbocycles. The predicted octanol–water partition coefficient (Wildman–Crippen LogP) is 3.35. The van der Waals surface area contributed by atoms with E-state index in [1.165, 1.54) is 25.7 Å². The van der Waals surface area contributed by atoms with Crippen molar-refractivity contribution in [2.24, 2.45) is 10.9 Å². The first-order chi connectivity index (χ1) is 7.65. The van der Waals surface area contributed by atoms with Crippen LogP contribution in [-0.4, -0.2) is 38.0 Å². The zero-order valence-electron chi connectivity index (χ0n) is 12.1. The molecule has 104 valence electrons. The van der Waals surface area contributed by atoms with E-state index < -0.39 is 0 Å². The number of hydrogen-bond acceptors (Lipinski definition) is 1. The molecule has 1 N–H and O–H groups in total. The Morgan fingerprint density at radius 2 is 1.88 bits per heavy atom. The molecule has 0 rings (SSSR count). The Hall–Kier alpha value is 0. The van der Waals surface area contributed by atoms with Gasteiger partial charge in [0, 0.05) is 27.2 Å². The van der Waals surface area contributed by atoms with Crippen molar-refractivity contribution in [2.75, 3.05) is 27.2 Å². The topological polar surface area (TPSA) is 27.6 Å². The SMILES string of the molecule is CCCCC(CC)CN=C(NCC)N(C)C.I. The van der Waals surface area contributed by atoms with Gasteiger partial charge in [-0.1, -0.05) is 33.1 Å². The van der Waals surface area contributed by atoms with Gasteiger partial charge in [-0.15, -0.1) is 24.0 Å². The van der Waals surface area contributed by atoms with Gasteiger partial charge in [0.2, 0.25) is 0 Å². The summed E-state index contributed by atoms with van der Waals surface area (Å²) in [5.74, 6) is 1.76. The second-order valence-corrected chi connectivity index (χ2v) is 4.51. The van der Waals surface area contributed by atoms with Gasteiger partial charge in [-0.05, 0) is 19.3 Å². The standard InChI is InChI=1S/C13H29N3.HI/c1-6-9-10-12(7-2)11-15-13(14-8-3)16(4)5;/h12H,6-11H2,1-5H3,(H,14,15);1H. The van der Waals surface area contributed by atoms with Gasteiger partial charge in [-0.25, -0.2) is 0 Å². The van der Waals surface area contributed by atoms with E-state index >= 15 is 0 Å². The van der Waals surface area contributed by atoms with Crippen LogP contribution in [0.1, 0.15) is 46.5 Å². The molecular weight excluding hydrogens is 325 g/mol. The third-order valence-corrected chi connectivity index (χ3v) is 2.80. The first-order valence-electron chi connectivity index (χ1n) is 6.61. The first kappa shape index (κ1) is 19.3. The fraction of sp³-hybridized carbons (Fsp3) is 0.923. The van der Waals surface area contributed by atoms with Crippen LogP contribution < -0.4 is 5.32 Å². The van der Waals surface area contributed by atoms with E-state index in [-0.39, 0.29) is 24.0 Å². The minimum atomic E-state index is 0. The number of nitrogens with one attached hydrogen (secondary N) is 1. The Balaban J connectivity index is 0. The summed E-state index contributed by atoms with van der Waals surface area (Å²) in [5.41, 5.74) is 0. The minimum Gasteiger partial charge on any atom is -0.357 e. The number of nitrogens with zero attached hydrogens (tertiary/aromatic N) is 2. The maximum atomic E-state index is 4.67. The lowest BCUT2D eigenvalue weighted by Crippen LogP contribution is -2.36. The number of guanidine groups is 1. The fourth-order valence-corrected chi connectivity index (χ4v) is 1.65. The monoisotopic (exact) mass is 355 g/mol. The average molecular weight is 355 g/mol. The normalized spacial score (nSPS) is 12.9. The van der Waals surface area contributed by atoms with Crippen LogP contribution in [0.2, 0.25) is 0 Å². The third-order valence-electron chi connectivity index (χ3n) is 2.80. The lowest BCUT2D eigenvalue weighted by molar-refractivity contribution is 0.457. The summed E-state index contributed by atoms with van der Waals surface area (Å²) in [5, 5.41) is 3.29. The van der Waals surface area contributed by atoms with Crippen molar-refractivity contribution >= 4 is 29.9 Å². The van der Waals surface area contributed by atoms with Crippen molar-refractivity contribution in [3.8, 4) is 0 Å². The summed E-state index contributed by atoms with van der Waals surface area (Å²) in [6.45, 7) is 8.51. The molecule has 0 aromatic heterocycles. The average Bonchev–Trinajstić information content (AvgIpc) is 2.27. The van der Waals surface area contributed by atoms with Gasteiger partial charge in [0.1, 0.15) is 0 Å². The summed E-state index contributed by atoms with van der Waals surface area (Å²) >= 11 is 0. The van der Waals surface area contributed by atoms with Gasteiger partial charge in [-0.3, -0.25) is 4.99 Å². The molecule has 0 heterocycles. The van der Waals surface area contributed by atoms with E-state index in [2.05, 4.69) is 36.0 Å². The molecule has 0 saturated heterocycles. The van der Waals surface area contributed by atoms with E-state index in [9.17, 15) is 0 Å². The highest BCUT2D eigenvalue weighted by molar-refractivity contribution is 14.0. The molecule has 0 aliphatic heterocycles. The van der Waals surface area contributed by atoms with Gasteiger partial charge in [0.05, 0.1) is 0 Å². The Kier molecular flexibility index (Phi) is 14.2. The number of hydrogen-bond donors (Lipinski definition) is 1. The van der Waals surface area contributed by atoms with Gasteiger partial charge in [0.15, 0.2) is 5.96 Å². The highest BCUT2D eigenvalue weighted by Crippen LogP contribution is 2.12. The van der Waals surface area contributed by atoms with Crippen LogP contribution in [0.4, 0.5) is 0 Å². The maximum Gasteiger partial charge on any atom is 0.193 e. The highest BCUT2D eigenvalue weighted by Gasteiger charge is 2.06. The second-order valence-electron chi connectivity index (χ2n) is 4.51. The van der Waals surface area contributed by atoms with Crippen molar-refractivity contribution in [3.05, 3.63) is 0 Å². The molecule has 3 nitrogen and oxygen atoms in total. The third kappa shape index (κ3) is 9.68. The van der Waals surface area contributed by atoms with E-state index in [4.69, 9.17) is 0 Å². The van der Waals surface area contributed by atoms with Crippen LogP contribution >= 0.6 is 24.0 Å². The molecule has 0 aliphatic rings. The number of aliphatic imine (C=N–C) groups is 1. The largest absolute Gasteiger partial charge is 0.357 e. The van der Waals surface area contributed by atoms with Crippen molar-refractivity contribution < 1.29 is 0 Å². The Bertz CT molecular complexity index is 193. The van der Waals surface area contributed by atoms with E-state index in [1.807, 2.05) is 14.1 Å². The number of rotatable bonds is 7. The summed E-state index contributed by atoms with van der Waals surface area (Å²) < 4.78 is 0. The summed E-state index contributed by atoms with van der Waals surface area (Å²) in [6, 6.07) is 0. The zero-order valence-corrected chi connectivity index (χ0v) is 14.5. The quantitative estimate of drug-likeness (QED) is 0.431. The maximum absolute atomic E-state index is 4.67.